The van der Waals surface area contributed by atoms with Gasteiger partial charge in [-0.15, -0.1) is 10.2 Å². The van der Waals surface area contributed by atoms with E-state index in [0.29, 0.717) is 42.4 Å². The van der Waals surface area contributed by atoms with Crippen LogP contribution in [0.25, 0.3) is 5.69 Å². The molecule has 0 radical (unpaired) electrons. The van der Waals surface area contributed by atoms with Crippen LogP contribution in [0.3, 0.4) is 0 Å². The van der Waals surface area contributed by atoms with Gasteiger partial charge in [-0.2, -0.15) is 0 Å². The monoisotopic (exact) mass is 447 g/mol. The molecule has 1 aromatic heterocycles. The number of carbonyl (C=O) groups excluding carboxylic acids is 1. The van der Waals surface area contributed by atoms with Crippen LogP contribution in [0.4, 0.5) is 16.0 Å². The number of morpholine rings is 1. The highest BCUT2D eigenvalue weighted by molar-refractivity contribution is 7.99. The van der Waals surface area contributed by atoms with Crippen LogP contribution in [0.15, 0.2) is 53.7 Å². The van der Waals surface area contributed by atoms with Crippen molar-refractivity contribution in [1.82, 2.24) is 14.8 Å². The zero-order chi connectivity index (χ0) is 20.9. The third-order valence-corrected chi connectivity index (χ3v) is 5.62. The number of anilines is 2. The molecule has 1 amide bonds. The van der Waals surface area contributed by atoms with Crippen LogP contribution in [-0.4, -0.2) is 52.7 Å². The Morgan fingerprint density at radius 3 is 2.70 bits per heavy atom. The largest absolute Gasteiger partial charge is 0.378 e. The third kappa shape index (κ3) is 4.75. The molecule has 0 atom stereocenters. The Hall–Kier alpha value is -2.62. The number of benzene rings is 2. The van der Waals surface area contributed by atoms with E-state index in [4.69, 9.17) is 16.3 Å². The number of carbonyl (C=O) groups is 1. The van der Waals surface area contributed by atoms with Gasteiger partial charge in [0.1, 0.15) is 5.82 Å². The van der Waals surface area contributed by atoms with E-state index in [1.807, 2.05) is 34.9 Å². The van der Waals surface area contributed by atoms with Crippen LogP contribution in [-0.2, 0) is 9.53 Å². The topological polar surface area (TPSA) is 72.3 Å². The van der Waals surface area contributed by atoms with E-state index in [9.17, 15) is 9.18 Å². The lowest BCUT2D eigenvalue weighted by Crippen LogP contribution is -2.37. The van der Waals surface area contributed by atoms with Gasteiger partial charge in [-0.1, -0.05) is 41.6 Å². The lowest BCUT2D eigenvalue weighted by molar-refractivity contribution is -0.113. The second kappa shape index (κ2) is 9.46. The number of para-hydroxylation sites is 1. The molecule has 2 heterocycles. The molecular weight excluding hydrogens is 429 g/mol. The lowest BCUT2D eigenvalue weighted by atomic mass is 10.3. The summed E-state index contributed by atoms with van der Waals surface area (Å²) >= 11 is 7.11. The molecule has 1 saturated heterocycles. The summed E-state index contributed by atoms with van der Waals surface area (Å²) < 4.78 is 21.2. The van der Waals surface area contributed by atoms with Gasteiger partial charge in [0.2, 0.25) is 11.9 Å². The van der Waals surface area contributed by atoms with Crippen molar-refractivity contribution in [3.8, 4) is 5.69 Å². The first-order valence-electron chi connectivity index (χ1n) is 9.33. The molecule has 1 fully saturated rings. The second-order valence-corrected chi connectivity index (χ2v) is 7.89. The van der Waals surface area contributed by atoms with Crippen LogP contribution < -0.4 is 10.2 Å². The number of halogens is 2. The summed E-state index contributed by atoms with van der Waals surface area (Å²) in [5.74, 6) is -0.162. The maximum absolute atomic E-state index is 13.9. The van der Waals surface area contributed by atoms with Crippen LogP contribution in [0.5, 0.6) is 0 Å². The fraction of sp³-hybridized carbons (Fsp3) is 0.250. The van der Waals surface area contributed by atoms with Crippen molar-refractivity contribution in [2.45, 2.75) is 5.16 Å². The van der Waals surface area contributed by atoms with Crippen molar-refractivity contribution in [2.24, 2.45) is 0 Å². The molecule has 1 N–H and O–H groups in total. The van der Waals surface area contributed by atoms with Crippen molar-refractivity contribution in [2.75, 3.05) is 42.3 Å². The van der Waals surface area contributed by atoms with Gasteiger partial charge in [0.25, 0.3) is 0 Å². The van der Waals surface area contributed by atoms with Gasteiger partial charge < -0.3 is 15.0 Å². The Kier molecular flexibility index (Phi) is 6.51. The van der Waals surface area contributed by atoms with E-state index in [1.54, 1.807) is 0 Å². The number of nitrogens with one attached hydrogen (secondary N) is 1. The van der Waals surface area contributed by atoms with E-state index in [0.717, 1.165) is 5.69 Å². The smallest absolute Gasteiger partial charge is 0.234 e. The Morgan fingerprint density at radius 2 is 1.93 bits per heavy atom. The number of ether oxygens (including phenoxy) is 1. The molecule has 0 unspecified atom stereocenters. The number of hydrogen-bond donors (Lipinski definition) is 1. The first-order chi connectivity index (χ1) is 14.6. The van der Waals surface area contributed by atoms with Crippen molar-refractivity contribution in [3.05, 3.63) is 59.4 Å². The molecule has 0 bridgehead atoms. The highest BCUT2D eigenvalue weighted by atomic mass is 35.5. The molecule has 0 saturated carbocycles. The minimum Gasteiger partial charge on any atom is -0.378 e. The molecule has 30 heavy (non-hydrogen) atoms. The molecule has 1 aliphatic rings. The molecule has 3 aromatic rings. The Bertz CT molecular complexity index is 1030. The third-order valence-electron chi connectivity index (χ3n) is 4.46. The van der Waals surface area contributed by atoms with Gasteiger partial charge in [0.05, 0.1) is 30.3 Å². The number of nitrogens with zero attached hydrogens (tertiary/aromatic N) is 4. The highest BCUT2D eigenvalue weighted by Gasteiger charge is 2.22. The number of aromatic nitrogens is 3. The van der Waals surface area contributed by atoms with E-state index < -0.39 is 5.82 Å². The van der Waals surface area contributed by atoms with Crippen molar-refractivity contribution < 1.29 is 13.9 Å². The van der Waals surface area contributed by atoms with Gasteiger partial charge in [-0.05, 0) is 30.3 Å². The zero-order valence-electron chi connectivity index (χ0n) is 15.9. The average Bonchev–Trinajstić information content (AvgIpc) is 3.20. The van der Waals surface area contributed by atoms with Crippen LogP contribution >= 0.6 is 23.4 Å². The summed E-state index contributed by atoms with van der Waals surface area (Å²) in [5, 5.41) is 12.1. The maximum Gasteiger partial charge on any atom is 0.234 e. The summed E-state index contributed by atoms with van der Waals surface area (Å²) in [4.78, 5) is 14.5. The number of rotatable bonds is 6. The van der Waals surface area contributed by atoms with E-state index in [-0.39, 0.29) is 17.3 Å². The summed E-state index contributed by atoms with van der Waals surface area (Å²) in [6, 6.07) is 13.7. The standard InChI is InChI=1S/C20H19ClFN5O2S/c21-14-6-7-16(22)17(12-14)23-18(28)13-30-20-25-24-19(26-8-10-29-11-9-26)27(20)15-4-2-1-3-5-15/h1-7,12H,8-11,13H2,(H,23,28). The lowest BCUT2D eigenvalue weighted by Gasteiger charge is -2.27. The van der Waals surface area contributed by atoms with Gasteiger partial charge in [-0.3, -0.25) is 9.36 Å². The minimum atomic E-state index is -0.542. The van der Waals surface area contributed by atoms with Crippen molar-refractivity contribution in [1.29, 1.82) is 0 Å². The van der Waals surface area contributed by atoms with E-state index in [1.165, 1.54) is 30.0 Å². The molecule has 0 spiro atoms. The van der Waals surface area contributed by atoms with E-state index >= 15 is 0 Å². The summed E-state index contributed by atoms with van der Waals surface area (Å²) in [5.41, 5.74) is 0.944. The summed E-state index contributed by atoms with van der Waals surface area (Å²) in [6.45, 7) is 2.67. The molecule has 4 rings (SSSR count). The van der Waals surface area contributed by atoms with E-state index in [2.05, 4.69) is 20.4 Å². The fourth-order valence-electron chi connectivity index (χ4n) is 3.04. The van der Waals surface area contributed by atoms with Crippen LogP contribution in [0.1, 0.15) is 0 Å². The zero-order valence-corrected chi connectivity index (χ0v) is 17.5. The van der Waals surface area contributed by atoms with Crippen LogP contribution in [0, 0.1) is 5.82 Å². The Labute approximate surface area is 182 Å². The Balaban J connectivity index is 1.53. The molecule has 0 aliphatic carbocycles. The quantitative estimate of drug-likeness (QED) is 0.582. The first kappa shape index (κ1) is 20.6. The van der Waals surface area contributed by atoms with Gasteiger partial charge in [0.15, 0.2) is 5.16 Å². The van der Waals surface area contributed by atoms with Crippen LogP contribution in [0.2, 0.25) is 5.02 Å². The van der Waals surface area contributed by atoms with Gasteiger partial charge in [0, 0.05) is 18.1 Å². The normalized spacial score (nSPS) is 14.0. The number of hydrogen-bond acceptors (Lipinski definition) is 6. The molecule has 156 valence electrons. The fourth-order valence-corrected chi connectivity index (χ4v) is 3.96. The van der Waals surface area contributed by atoms with Crippen molar-refractivity contribution >= 4 is 40.9 Å². The SMILES string of the molecule is O=C(CSc1nnc(N2CCOCC2)n1-c1ccccc1)Nc1cc(Cl)ccc1F. The first-order valence-corrected chi connectivity index (χ1v) is 10.7. The number of amides is 1. The Morgan fingerprint density at radius 1 is 1.17 bits per heavy atom. The predicted octanol–water partition coefficient (Wildman–Crippen LogP) is 3.63. The highest BCUT2D eigenvalue weighted by Crippen LogP contribution is 2.27. The molecule has 10 heteroatoms. The second-order valence-electron chi connectivity index (χ2n) is 6.51. The average molecular weight is 448 g/mol. The number of thioether (sulfide) groups is 1. The van der Waals surface area contributed by atoms with Gasteiger partial charge in [-0.25, -0.2) is 4.39 Å². The minimum absolute atomic E-state index is 0.0417. The molecule has 1 aliphatic heterocycles. The molecule has 2 aromatic carbocycles. The maximum atomic E-state index is 13.9. The van der Waals surface area contributed by atoms with Crippen molar-refractivity contribution in [3.63, 3.8) is 0 Å². The summed E-state index contributed by atoms with van der Waals surface area (Å²) in [6.07, 6.45) is 0. The predicted molar refractivity (Wildman–Crippen MR) is 115 cm³/mol. The molecular formula is C20H19ClFN5O2S. The summed E-state index contributed by atoms with van der Waals surface area (Å²) in [7, 11) is 0. The van der Waals surface area contributed by atoms with Gasteiger partial charge >= 0.3 is 0 Å². The molecule has 7 nitrogen and oxygen atoms in total.